The monoisotopic (exact) mass is 474 g/mol. The Morgan fingerprint density at radius 3 is 2.76 bits per heavy atom. The van der Waals surface area contributed by atoms with Gasteiger partial charge in [-0.2, -0.15) is 0 Å². The fraction of sp³-hybridized carbons (Fsp3) is 0.240. The number of hydrogen-bond donors (Lipinski definition) is 3. The molecule has 0 saturated carbocycles. The van der Waals surface area contributed by atoms with Gasteiger partial charge in [-0.1, -0.05) is 24.3 Å². The number of nitrogens with two attached hydrogens (primary N) is 1. The number of carbonyl (C=O) groups excluding carboxylic acids is 1. The Labute approximate surface area is 201 Å². The molecule has 1 fully saturated rings. The van der Waals surface area contributed by atoms with Crippen LogP contribution in [0.25, 0.3) is 21.3 Å². The average molecular weight is 475 g/mol. The van der Waals surface area contributed by atoms with Crippen molar-refractivity contribution in [2.24, 2.45) is 5.73 Å². The van der Waals surface area contributed by atoms with Gasteiger partial charge in [-0.3, -0.25) is 9.69 Å². The predicted molar refractivity (Wildman–Crippen MR) is 135 cm³/mol. The van der Waals surface area contributed by atoms with Crippen LogP contribution in [-0.4, -0.2) is 53.7 Å². The summed E-state index contributed by atoms with van der Waals surface area (Å²) in [5.74, 6) is 0.336. The molecule has 1 saturated heterocycles. The first kappa shape index (κ1) is 22.4. The molecular formula is C25H26N6O2S. The Kier molecular flexibility index (Phi) is 6.77. The van der Waals surface area contributed by atoms with Gasteiger partial charge in [0.2, 0.25) is 5.95 Å². The van der Waals surface area contributed by atoms with Gasteiger partial charge < -0.3 is 21.1 Å². The van der Waals surface area contributed by atoms with Crippen molar-refractivity contribution in [3.63, 3.8) is 0 Å². The number of carbonyl (C=O) groups is 1. The van der Waals surface area contributed by atoms with Crippen LogP contribution in [0, 0.1) is 0 Å². The van der Waals surface area contributed by atoms with Crippen LogP contribution in [0.5, 0.6) is 0 Å². The quantitative estimate of drug-likeness (QED) is 0.352. The van der Waals surface area contributed by atoms with E-state index in [2.05, 4.69) is 44.8 Å². The molecule has 1 aliphatic rings. The minimum atomic E-state index is -0.196. The highest BCUT2D eigenvalue weighted by atomic mass is 32.1. The standard InChI is InChI=1S/C25H26N6O2S/c26-16-28-24(32)19-3-1-2-18(12-19)21-15-34-22-13-27-25(30-23(21)22)29-20-6-4-17(5-7-20)14-31-8-10-33-11-9-31/h1-7,12-13,15H,8-11,14,16,26H2,(H,28,32)(H,27,29,30). The van der Waals surface area contributed by atoms with Gasteiger partial charge in [0.05, 0.1) is 36.3 Å². The van der Waals surface area contributed by atoms with E-state index in [0.29, 0.717) is 11.5 Å². The summed E-state index contributed by atoms with van der Waals surface area (Å²) in [6.07, 6.45) is 1.83. The van der Waals surface area contributed by atoms with Crippen LogP contribution in [-0.2, 0) is 11.3 Å². The number of ether oxygens (including phenoxy) is 1. The lowest BCUT2D eigenvalue weighted by Gasteiger charge is -2.26. The molecule has 1 aliphatic heterocycles. The molecule has 0 bridgehead atoms. The number of thiophene rings is 1. The highest BCUT2D eigenvalue weighted by molar-refractivity contribution is 7.17. The Balaban J connectivity index is 1.34. The fourth-order valence-corrected chi connectivity index (χ4v) is 4.83. The number of anilines is 2. The first-order valence-corrected chi connectivity index (χ1v) is 12.1. The van der Waals surface area contributed by atoms with E-state index in [9.17, 15) is 4.79 Å². The van der Waals surface area contributed by atoms with Gasteiger partial charge in [0.15, 0.2) is 0 Å². The maximum atomic E-state index is 12.2. The van der Waals surface area contributed by atoms with E-state index in [1.54, 1.807) is 17.4 Å². The minimum Gasteiger partial charge on any atom is -0.379 e. The van der Waals surface area contributed by atoms with E-state index in [1.165, 1.54) is 5.56 Å². The van der Waals surface area contributed by atoms with E-state index in [0.717, 1.165) is 59.9 Å². The molecule has 2 aromatic heterocycles. The number of nitrogens with zero attached hydrogens (tertiary/aromatic N) is 3. The predicted octanol–water partition coefficient (Wildman–Crippen LogP) is 3.58. The van der Waals surface area contributed by atoms with E-state index >= 15 is 0 Å². The van der Waals surface area contributed by atoms with E-state index in [4.69, 9.17) is 15.5 Å². The maximum absolute atomic E-state index is 12.2. The third kappa shape index (κ3) is 5.07. The summed E-state index contributed by atoms with van der Waals surface area (Å²) in [6, 6.07) is 15.8. The average Bonchev–Trinajstić information content (AvgIpc) is 3.29. The number of rotatable bonds is 7. The molecular weight excluding hydrogens is 448 g/mol. The van der Waals surface area contributed by atoms with Crippen LogP contribution in [0.1, 0.15) is 15.9 Å². The van der Waals surface area contributed by atoms with Crippen LogP contribution in [0.15, 0.2) is 60.1 Å². The Hall–Kier alpha value is -3.37. The minimum absolute atomic E-state index is 0.0981. The largest absolute Gasteiger partial charge is 0.379 e. The third-order valence-electron chi connectivity index (χ3n) is 5.73. The zero-order valence-electron chi connectivity index (χ0n) is 18.7. The first-order chi connectivity index (χ1) is 16.7. The lowest BCUT2D eigenvalue weighted by molar-refractivity contribution is 0.0342. The summed E-state index contributed by atoms with van der Waals surface area (Å²) in [7, 11) is 0. The molecule has 8 nitrogen and oxygen atoms in total. The zero-order valence-corrected chi connectivity index (χ0v) is 19.5. The lowest BCUT2D eigenvalue weighted by Crippen LogP contribution is -2.35. The second kappa shape index (κ2) is 10.3. The van der Waals surface area contributed by atoms with Crippen molar-refractivity contribution in [2.45, 2.75) is 6.54 Å². The number of amides is 1. The number of benzene rings is 2. The Morgan fingerprint density at radius 1 is 1.15 bits per heavy atom. The maximum Gasteiger partial charge on any atom is 0.252 e. The van der Waals surface area contributed by atoms with Gasteiger partial charge in [-0.25, -0.2) is 9.97 Å². The molecule has 0 spiro atoms. The summed E-state index contributed by atoms with van der Waals surface area (Å²) in [4.78, 5) is 23.9. The number of nitrogens with one attached hydrogen (secondary N) is 2. The molecule has 34 heavy (non-hydrogen) atoms. The normalized spacial score (nSPS) is 14.3. The van der Waals surface area contributed by atoms with Crippen LogP contribution in [0.3, 0.4) is 0 Å². The summed E-state index contributed by atoms with van der Waals surface area (Å²) in [5, 5.41) is 7.99. The molecule has 1 amide bonds. The molecule has 174 valence electrons. The third-order valence-corrected chi connectivity index (χ3v) is 6.64. The molecule has 2 aromatic carbocycles. The summed E-state index contributed by atoms with van der Waals surface area (Å²) in [6.45, 7) is 4.56. The molecule has 9 heteroatoms. The Morgan fingerprint density at radius 2 is 1.97 bits per heavy atom. The SMILES string of the molecule is NCNC(=O)c1cccc(-c2csc3cnc(Nc4ccc(CN5CCOCC5)cc4)nc23)c1. The van der Waals surface area contributed by atoms with Gasteiger partial charge in [-0.05, 0) is 35.4 Å². The zero-order chi connectivity index (χ0) is 23.3. The fourth-order valence-electron chi connectivity index (χ4n) is 3.96. The van der Waals surface area contributed by atoms with Gasteiger partial charge >= 0.3 is 0 Å². The van der Waals surface area contributed by atoms with Gasteiger partial charge in [-0.15, -0.1) is 11.3 Å². The number of aromatic nitrogens is 2. The van der Waals surface area contributed by atoms with Crippen molar-refractivity contribution in [2.75, 3.05) is 38.3 Å². The van der Waals surface area contributed by atoms with Crippen molar-refractivity contribution < 1.29 is 9.53 Å². The van der Waals surface area contributed by atoms with Crippen LogP contribution in [0.2, 0.25) is 0 Å². The lowest BCUT2D eigenvalue weighted by atomic mass is 10.0. The van der Waals surface area contributed by atoms with Gasteiger partial charge in [0, 0.05) is 41.8 Å². The smallest absolute Gasteiger partial charge is 0.252 e. The van der Waals surface area contributed by atoms with E-state index in [-0.39, 0.29) is 12.6 Å². The number of fused-ring (bicyclic) bond motifs is 1. The summed E-state index contributed by atoms with van der Waals surface area (Å²) < 4.78 is 6.41. The van der Waals surface area contributed by atoms with Crippen molar-refractivity contribution in [1.82, 2.24) is 20.2 Å². The molecule has 3 heterocycles. The van der Waals surface area contributed by atoms with Crippen LogP contribution < -0.4 is 16.4 Å². The highest BCUT2D eigenvalue weighted by Gasteiger charge is 2.13. The van der Waals surface area contributed by atoms with Crippen molar-refractivity contribution in [3.05, 3.63) is 71.2 Å². The molecule has 0 aliphatic carbocycles. The van der Waals surface area contributed by atoms with E-state index < -0.39 is 0 Å². The Bertz CT molecular complexity index is 1280. The van der Waals surface area contributed by atoms with Crippen LogP contribution in [0.4, 0.5) is 11.6 Å². The summed E-state index contributed by atoms with van der Waals surface area (Å²) in [5.41, 5.74) is 10.9. The molecule has 5 rings (SSSR count). The molecule has 0 radical (unpaired) electrons. The molecule has 0 atom stereocenters. The molecule has 0 unspecified atom stereocenters. The number of hydrogen-bond acceptors (Lipinski definition) is 8. The van der Waals surface area contributed by atoms with Crippen molar-refractivity contribution in [1.29, 1.82) is 0 Å². The number of morpholine rings is 1. The van der Waals surface area contributed by atoms with Crippen molar-refractivity contribution in [3.8, 4) is 11.1 Å². The summed E-state index contributed by atoms with van der Waals surface area (Å²) >= 11 is 1.58. The van der Waals surface area contributed by atoms with E-state index in [1.807, 2.05) is 29.8 Å². The molecule has 4 N–H and O–H groups in total. The van der Waals surface area contributed by atoms with Gasteiger partial charge in [0.25, 0.3) is 5.91 Å². The topological polar surface area (TPSA) is 105 Å². The highest BCUT2D eigenvalue weighted by Crippen LogP contribution is 2.33. The van der Waals surface area contributed by atoms with Crippen molar-refractivity contribution >= 4 is 39.1 Å². The second-order valence-electron chi connectivity index (χ2n) is 8.06. The van der Waals surface area contributed by atoms with Gasteiger partial charge in [0.1, 0.15) is 0 Å². The molecule has 4 aromatic rings. The first-order valence-electron chi connectivity index (χ1n) is 11.2. The second-order valence-corrected chi connectivity index (χ2v) is 8.97. The van der Waals surface area contributed by atoms with Crippen LogP contribution >= 0.6 is 11.3 Å².